The van der Waals surface area contributed by atoms with Gasteiger partial charge in [0, 0.05) is 24.4 Å². The maximum Gasteiger partial charge on any atom is 0.263 e. The Morgan fingerprint density at radius 1 is 1.24 bits per heavy atom. The summed E-state index contributed by atoms with van der Waals surface area (Å²) in [6, 6.07) is 0. The molecule has 21 heavy (non-hydrogen) atoms. The number of aromatic nitrogens is 1. The van der Waals surface area contributed by atoms with E-state index in [1.807, 2.05) is 6.92 Å². The lowest BCUT2D eigenvalue weighted by Gasteiger charge is -2.13. The molecule has 0 radical (unpaired) electrons. The highest BCUT2D eigenvalue weighted by molar-refractivity contribution is 7.14. The summed E-state index contributed by atoms with van der Waals surface area (Å²) < 4.78 is 0. The average molecular weight is 309 g/mol. The Balaban J connectivity index is 1.82. The fourth-order valence-electron chi connectivity index (χ4n) is 1.86. The second-order valence-corrected chi connectivity index (χ2v) is 7.50. The maximum absolute atomic E-state index is 12.1. The fraction of sp³-hybridized carbons (Fsp3) is 0.667. The smallest absolute Gasteiger partial charge is 0.263 e. The quantitative estimate of drug-likeness (QED) is 0.817. The van der Waals surface area contributed by atoms with Crippen molar-refractivity contribution in [2.24, 2.45) is 5.92 Å². The summed E-state index contributed by atoms with van der Waals surface area (Å²) in [5.41, 5.74) is 0.719. The largest absolute Gasteiger partial charge is 0.354 e. The van der Waals surface area contributed by atoms with Gasteiger partial charge < -0.3 is 10.6 Å². The van der Waals surface area contributed by atoms with E-state index < -0.39 is 0 Å². The van der Waals surface area contributed by atoms with Gasteiger partial charge in [-0.1, -0.05) is 20.8 Å². The first kappa shape index (κ1) is 15.9. The SMILES string of the molecule is Cc1nc(C(C)(C)C)sc1C(=O)NCCNC(=O)C1CC1. The predicted octanol–water partition coefficient (Wildman–Crippen LogP) is 2.01. The first-order valence-corrected chi connectivity index (χ1v) is 8.14. The second-order valence-electron chi connectivity index (χ2n) is 6.50. The standard InChI is InChI=1S/C15H23N3O2S/c1-9-11(21-14(18-9)15(2,3)4)13(20)17-8-7-16-12(19)10-5-6-10/h10H,5-8H2,1-4H3,(H,16,19)(H,17,20). The second kappa shape index (κ2) is 6.13. The van der Waals surface area contributed by atoms with E-state index in [0.29, 0.717) is 18.0 Å². The molecule has 0 aliphatic heterocycles. The van der Waals surface area contributed by atoms with E-state index in [-0.39, 0.29) is 23.1 Å². The van der Waals surface area contributed by atoms with Crippen molar-refractivity contribution in [3.63, 3.8) is 0 Å². The van der Waals surface area contributed by atoms with Crippen molar-refractivity contribution in [1.82, 2.24) is 15.6 Å². The zero-order chi connectivity index (χ0) is 15.6. The van der Waals surface area contributed by atoms with Gasteiger partial charge in [0.15, 0.2) is 0 Å². The molecule has 1 aromatic rings. The first-order chi connectivity index (χ1) is 9.79. The van der Waals surface area contributed by atoms with E-state index in [1.54, 1.807) is 0 Å². The molecule has 1 fully saturated rings. The minimum Gasteiger partial charge on any atom is -0.354 e. The van der Waals surface area contributed by atoms with Crippen LogP contribution in [0.15, 0.2) is 0 Å². The van der Waals surface area contributed by atoms with Gasteiger partial charge in [-0.3, -0.25) is 9.59 Å². The molecule has 2 N–H and O–H groups in total. The van der Waals surface area contributed by atoms with Gasteiger partial charge in [-0.2, -0.15) is 0 Å². The summed E-state index contributed by atoms with van der Waals surface area (Å²) in [5.74, 6) is 0.202. The van der Waals surface area contributed by atoms with Crippen LogP contribution in [-0.2, 0) is 10.2 Å². The number of nitrogens with zero attached hydrogens (tertiary/aromatic N) is 1. The van der Waals surface area contributed by atoms with Crippen molar-refractivity contribution < 1.29 is 9.59 Å². The highest BCUT2D eigenvalue weighted by atomic mass is 32.1. The van der Waals surface area contributed by atoms with Gasteiger partial charge in [0.05, 0.1) is 10.7 Å². The van der Waals surface area contributed by atoms with Gasteiger partial charge in [-0.25, -0.2) is 4.98 Å². The van der Waals surface area contributed by atoms with E-state index in [2.05, 4.69) is 36.4 Å². The van der Waals surface area contributed by atoms with Gasteiger partial charge in [0.2, 0.25) is 5.91 Å². The van der Waals surface area contributed by atoms with Crippen LogP contribution in [0.4, 0.5) is 0 Å². The molecule has 0 aromatic carbocycles. The molecular formula is C15H23N3O2S. The lowest BCUT2D eigenvalue weighted by molar-refractivity contribution is -0.122. The van der Waals surface area contributed by atoms with Crippen molar-refractivity contribution >= 4 is 23.2 Å². The van der Waals surface area contributed by atoms with Crippen LogP contribution in [-0.4, -0.2) is 29.9 Å². The number of hydrogen-bond acceptors (Lipinski definition) is 4. The number of hydrogen-bond donors (Lipinski definition) is 2. The fourth-order valence-corrected chi connectivity index (χ4v) is 2.90. The topological polar surface area (TPSA) is 71.1 Å². The Morgan fingerprint density at radius 3 is 2.38 bits per heavy atom. The van der Waals surface area contributed by atoms with Crippen molar-refractivity contribution in [2.75, 3.05) is 13.1 Å². The highest BCUT2D eigenvalue weighted by Crippen LogP contribution is 2.29. The van der Waals surface area contributed by atoms with Crippen LogP contribution in [0.1, 0.15) is 54.0 Å². The molecule has 0 bridgehead atoms. The van der Waals surface area contributed by atoms with E-state index in [9.17, 15) is 9.59 Å². The Kier molecular flexibility index (Phi) is 4.66. The lowest BCUT2D eigenvalue weighted by Crippen LogP contribution is -2.35. The van der Waals surface area contributed by atoms with Crippen LogP contribution in [0, 0.1) is 12.8 Å². The Labute approximate surface area is 129 Å². The number of amides is 2. The van der Waals surface area contributed by atoms with Gasteiger partial charge in [0.1, 0.15) is 4.88 Å². The van der Waals surface area contributed by atoms with Crippen LogP contribution in [0.25, 0.3) is 0 Å². The molecule has 1 aliphatic carbocycles. The van der Waals surface area contributed by atoms with Crippen molar-refractivity contribution in [3.05, 3.63) is 15.6 Å². The molecule has 1 aromatic heterocycles. The minimum atomic E-state index is -0.110. The van der Waals surface area contributed by atoms with Gasteiger partial charge in [-0.15, -0.1) is 11.3 Å². The number of carbonyl (C=O) groups excluding carboxylic acids is 2. The van der Waals surface area contributed by atoms with Crippen LogP contribution < -0.4 is 10.6 Å². The molecule has 0 atom stereocenters. The molecule has 2 amide bonds. The molecule has 2 rings (SSSR count). The first-order valence-electron chi connectivity index (χ1n) is 7.33. The molecule has 0 saturated heterocycles. The number of rotatable bonds is 5. The third kappa shape index (κ3) is 4.27. The zero-order valence-electron chi connectivity index (χ0n) is 13.1. The lowest BCUT2D eigenvalue weighted by atomic mass is 9.98. The van der Waals surface area contributed by atoms with Gasteiger partial charge in [0.25, 0.3) is 5.91 Å². The summed E-state index contributed by atoms with van der Waals surface area (Å²) in [4.78, 5) is 28.7. The molecule has 1 aliphatic rings. The Morgan fingerprint density at radius 2 is 1.86 bits per heavy atom. The minimum absolute atomic E-state index is 0.0494. The average Bonchev–Trinajstić information content (AvgIpc) is 3.15. The van der Waals surface area contributed by atoms with E-state index in [1.165, 1.54) is 11.3 Å². The molecule has 6 heteroatoms. The third-order valence-electron chi connectivity index (χ3n) is 3.30. The monoisotopic (exact) mass is 309 g/mol. The summed E-state index contributed by atoms with van der Waals surface area (Å²) in [6.07, 6.45) is 1.99. The predicted molar refractivity (Wildman–Crippen MR) is 83.6 cm³/mol. The molecule has 0 spiro atoms. The summed E-state index contributed by atoms with van der Waals surface area (Å²) in [6.45, 7) is 9.03. The molecule has 116 valence electrons. The number of carbonyl (C=O) groups is 2. The van der Waals surface area contributed by atoms with E-state index in [0.717, 1.165) is 23.5 Å². The number of thiazole rings is 1. The van der Waals surface area contributed by atoms with Crippen molar-refractivity contribution in [1.29, 1.82) is 0 Å². The molecular weight excluding hydrogens is 286 g/mol. The summed E-state index contributed by atoms with van der Waals surface area (Å²) in [5, 5.41) is 6.63. The molecule has 1 heterocycles. The van der Waals surface area contributed by atoms with E-state index in [4.69, 9.17) is 0 Å². The highest BCUT2D eigenvalue weighted by Gasteiger charge is 2.29. The third-order valence-corrected chi connectivity index (χ3v) is 4.88. The van der Waals surface area contributed by atoms with E-state index >= 15 is 0 Å². The zero-order valence-corrected chi connectivity index (χ0v) is 13.9. The molecule has 1 saturated carbocycles. The molecule has 0 unspecified atom stereocenters. The Hall–Kier alpha value is -1.43. The Bertz CT molecular complexity index is 542. The van der Waals surface area contributed by atoms with Gasteiger partial charge >= 0.3 is 0 Å². The summed E-state index contributed by atoms with van der Waals surface area (Å²) in [7, 11) is 0. The normalized spacial score (nSPS) is 14.9. The maximum atomic E-state index is 12.1. The van der Waals surface area contributed by atoms with Crippen LogP contribution in [0.2, 0.25) is 0 Å². The molecule has 5 nitrogen and oxygen atoms in total. The van der Waals surface area contributed by atoms with Crippen molar-refractivity contribution in [2.45, 2.75) is 46.0 Å². The van der Waals surface area contributed by atoms with Crippen molar-refractivity contribution in [3.8, 4) is 0 Å². The number of aryl methyl sites for hydroxylation is 1. The van der Waals surface area contributed by atoms with Crippen LogP contribution >= 0.6 is 11.3 Å². The number of nitrogens with one attached hydrogen (secondary N) is 2. The van der Waals surface area contributed by atoms with Crippen LogP contribution in [0.5, 0.6) is 0 Å². The van der Waals surface area contributed by atoms with Gasteiger partial charge in [-0.05, 0) is 19.8 Å². The van der Waals surface area contributed by atoms with Crippen LogP contribution in [0.3, 0.4) is 0 Å². The summed E-state index contributed by atoms with van der Waals surface area (Å²) >= 11 is 1.44.